The van der Waals surface area contributed by atoms with Crippen LogP contribution in [-0.4, -0.2) is 30.7 Å². The van der Waals surface area contributed by atoms with Gasteiger partial charge in [0.15, 0.2) is 0 Å². The molecule has 0 radical (unpaired) electrons. The van der Waals surface area contributed by atoms with Crippen LogP contribution in [-0.2, 0) is 21.4 Å². The van der Waals surface area contributed by atoms with E-state index in [0.717, 1.165) is 9.87 Å². The fourth-order valence-electron chi connectivity index (χ4n) is 3.49. The second kappa shape index (κ2) is 9.96. The average molecular weight is 479 g/mol. The molecular weight excluding hydrogens is 452 g/mol. The zero-order chi connectivity index (χ0) is 24.1. The number of rotatable bonds is 9. The minimum Gasteiger partial charge on any atom is -0.467 e. The lowest BCUT2D eigenvalue weighted by Gasteiger charge is -2.24. The molecule has 0 fully saturated rings. The van der Waals surface area contributed by atoms with E-state index < -0.39 is 22.5 Å². The Bertz CT molecular complexity index is 1330. The predicted molar refractivity (Wildman–Crippen MR) is 130 cm³/mol. The highest BCUT2D eigenvalue weighted by molar-refractivity contribution is 7.92. The second-order valence-corrected chi connectivity index (χ2v) is 9.93. The first kappa shape index (κ1) is 23.3. The molecule has 0 aliphatic rings. The van der Waals surface area contributed by atoms with Crippen molar-refractivity contribution in [3.8, 4) is 0 Å². The van der Waals surface area contributed by atoms with Crippen molar-refractivity contribution in [2.75, 3.05) is 16.2 Å². The number of hydrogen-bond donors (Lipinski definition) is 1. The summed E-state index contributed by atoms with van der Waals surface area (Å²) in [5.74, 6) is 0.922. The van der Waals surface area contributed by atoms with E-state index in [9.17, 15) is 13.2 Å². The fraction of sp³-hybridized carbons (Fsp3) is 0.200. The Morgan fingerprint density at radius 3 is 2.41 bits per heavy atom. The monoisotopic (exact) mass is 478 g/mol. The molecular formula is C25H26N4O4S. The summed E-state index contributed by atoms with van der Waals surface area (Å²) < 4.78 is 35.0. The molecule has 1 amide bonds. The first-order chi connectivity index (χ1) is 16.3. The van der Waals surface area contributed by atoms with Crippen molar-refractivity contribution in [1.29, 1.82) is 0 Å². The van der Waals surface area contributed by atoms with Crippen molar-refractivity contribution in [1.82, 2.24) is 9.78 Å². The van der Waals surface area contributed by atoms with Crippen molar-refractivity contribution in [2.45, 2.75) is 31.2 Å². The van der Waals surface area contributed by atoms with E-state index in [0.29, 0.717) is 29.7 Å². The van der Waals surface area contributed by atoms with Crippen LogP contribution in [0, 0.1) is 0 Å². The number of hydrogen-bond acceptors (Lipinski definition) is 5. The highest BCUT2D eigenvalue weighted by atomic mass is 32.2. The van der Waals surface area contributed by atoms with E-state index >= 15 is 0 Å². The van der Waals surface area contributed by atoms with E-state index in [4.69, 9.17) is 4.42 Å². The Kier molecular flexibility index (Phi) is 6.83. The number of carbonyl (C=O) groups excluding carboxylic acids is 1. The van der Waals surface area contributed by atoms with Crippen LogP contribution in [0.3, 0.4) is 0 Å². The van der Waals surface area contributed by atoms with Gasteiger partial charge in [0.2, 0.25) is 5.91 Å². The Morgan fingerprint density at radius 1 is 1.03 bits per heavy atom. The fourth-order valence-corrected chi connectivity index (χ4v) is 4.93. The molecule has 4 rings (SSSR count). The standard InChI is InChI=1S/C25H26N4O4S/c1-19(2)20-10-12-21(13-11-20)29(34(31,32)23-8-4-3-5-9-23)18-25(30)27-24-14-15-26-28(24)17-22-7-6-16-33-22/h3-16,19H,17-18H2,1-2H3,(H,27,30). The van der Waals surface area contributed by atoms with Gasteiger partial charge >= 0.3 is 0 Å². The number of anilines is 2. The number of nitrogens with zero attached hydrogens (tertiary/aromatic N) is 3. The van der Waals surface area contributed by atoms with Gasteiger partial charge in [-0.1, -0.05) is 44.2 Å². The lowest BCUT2D eigenvalue weighted by Crippen LogP contribution is -2.38. The largest absolute Gasteiger partial charge is 0.467 e. The van der Waals surface area contributed by atoms with Gasteiger partial charge in [0.25, 0.3) is 10.0 Å². The number of carbonyl (C=O) groups is 1. The lowest BCUT2D eigenvalue weighted by molar-refractivity contribution is -0.114. The molecule has 0 atom stereocenters. The van der Waals surface area contributed by atoms with E-state index in [1.54, 1.807) is 59.6 Å². The summed E-state index contributed by atoms with van der Waals surface area (Å²) in [5.41, 5.74) is 1.49. The Balaban J connectivity index is 1.60. The molecule has 0 unspecified atom stereocenters. The van der Waals surface area contributed by atoms with E-state index in [-0.39, 0.29) is 4.90 Å². The smallest absolute Gasteiger partial charge is 0.264 e. The summed E-state index contributed by atoms with van der Waals surface area (Å²) >= 11 is 0. The molecule has 0 bridgehead atoms. The molecule has 0 spiro atoms. The van der Waals surface area contributed by atoms with Crippen LogP contribution in [0.2, 0.25) is 0 Å². The maximum Gasteiger partial charge on any atom is 0.264 e. The minimum atomic E-state index is -3.98. The van der Waals surface area contributed by atoms with Gasteiger partial charge in [-0.15, -0.1) is 0 Å². The topological polar surface area (TPSA) is 97.4 Å². The van der Waals surface area contributed by atoms with Crippen LogP contribution in [0.25, 0.3) is 0 Å². The Hall–Kier alpha value is -3.85. The third-order valence-corrected chi connectivity index (χ3v) is 7.12. The summed E-state index contributed by atoms with van der Waals surface area (Å²) in [6, 6.07) is 20.5. The summed E-state index contributed by atoms with van der Waals surface area (Å²) in [4.78, 5) is 13.1. The third-order valence-electron chi connectivity index (χ3n) is 5.34. The van der Waals surface area contributed by atoms with Gasteiger partial charge in [-0.2, -0.15) is 5.10 Å². The number of amides is 1. The molecule has 9 heteroatoms. The number of benzene rings is 2. The minimum absolute atomic E-state index is 0.110. The summed E-state index contributed by atoms with van der Waals surface area (Å²) in [6.07, 6.45) is 3.12. The molecule has 0 saturated carbocycles. The number of nitrogens with one attached hydrogen (secondary N) is 1. The molecule has 0 aliphatic heterocycles. The SMILES string of the molecule is CC(C)c1ccc(N(CC(=O)Nc2ccnn2Cc2ccco2)S(=O)(=O)c2ccccc2)cc1. The van der Waals surface area contributed by atoms with Crippen LogP contribution in [0.15, 0.2) is 94.6 Å². The van der Waals surface area contributed by atoms with Crippen molar-refractivity contribution in [3.05, 3.63) is 96.6 Å². The lowest BCUT2D eigenvalue weighted by atomic mass is 10.0. The molecule has 176 valence electrons. The molecule has 34 heavy (non-hydrogen) atoms. The summed E-state index contributed by atoms with van der Waals surface area (Å²) in [7, 11) is -3.98. The second-order valence-electron chi connectivity index (χ2n) is 8.07. The van der Waals surface area contributed by atoms with Crippen molar-refractivity contribution >= 4 is 27.4 Å². The van der Waals surface area contributed by atoms with Crippen molar-refractivity contribution in [3.63, 3.8) is 0 Å². The normalized spacial score (nSPS) is 11.5. The number of sulfonamides is 1. The summed E-state index contributed by atoms with van der Waals surface area (Å²) in [5, 5.41) is 6.98. The van der Waals surface area contributed by atoms with E-state index in [2.05, 4.69) is 24.3 Å². The highest BCUT2D eigenvalue weighted by Crippen LogP contribution is 2.26. The third kappa shape index (κ3) is 5.20. The molecule has 2 aromatic heterocycles. The van der Waals surface area contributed by atoms with Gasteiger partial charge < -0.3 is 9.73 Å². The van der Waals surface area contributed by atoms with Gasteiger partial charge in [0.05, 0.1) is 23.0 Å². The molecule has 0 aliphatic carbocycles. The average Bonchev–Trinajstić information content (AvgIpc) is 3.51. The van der Waals surface area contributed by atoms with E-state index in [1.165, 1.54) is 12.1 Å². The van der Waals surface area contributed by atoms with Crippen LogP contribution >= 0.6 is 0 Å². The molecule has 8 nitrogen and oxygen atoms in total. The van der Waals surface area contributed by atoms with E-state index in [1.807, 2.05) is 18.2 Å². The van der Waals surface area contributed by atoms with Crippen LogP contribution in [0.5, 0.6) is 0 Å². The van der Waals surface area contributed by atoms with Crippen LogP contribution < -0.4 is 9.62 Å². The van der Waals surface area contributed by atoms with Crippen molar-refractivity contribution < 1.29 is 17.6 Å². The van der Waals surface area contributed by atoms with Crippen LogP contribution in [0.1, 0.15) is 31.1 Å². The Morgan fingerprint density at radius 2 is 1.76 bits per heavy atom. The first-order valence-electron chi connectivity index (χ1n) is 10.9. The van der Waals surface area contributed by atoms with Gasteiger partial charge in [0, 0.05) is 6.07 Å². The van der Waals surface area contributed by atoms with Crippen LogP contribution in [0.4, 0.5) is 11.5 Å². The van der Waals surface area contributed by atoms with Gasteiger partial charge in [-0.3, -0.25) is 9.10 Å². The quantitative estimate of drug-likeness (QED) is 0.382. The number of furan rings is 1. The highest BCUT2D eigenvalue weighted by Gasteiger charge is 2.27. The van der Waals surface area contributed by atoms with Gasteiger partial charge in [-0.05, 0) is 47.9 Å². The van der Waals surface area contributed by atoms with Gasteiger partial charge in [0.1, 0.15) is 24.7 Å². The molecule has 4 aromatic rings. The maximum atomic E-state index is 13.5. The Labute approximate surface area is 198 Å². The molecule has 2 heterocycles. The summed E-state index contributed by atoms with van der Waals surface area (Å²) in [6.45, 7) is 4.06. The van der Waals surface area contributed by atoms with Crippen molar-refractivity contribution in [2.24, 2.45) is 0 Å². The number of aromatic nitrogens is 2. The zero-order valence-electron chi connectivity index (χ0n) is 19.0. The van der Waals surface area contributed by atoms with Gasteiger partial charge in [-0.25, -0.2) is 13.1 Å². The molecule has 1 N–H and O–H groups in total. The molecule has 2 aromatic carbocycles. The zero-order valence-corrected chi connectivity index (χ0v) is 19.8. The maximum absolute atomic E-state index is 13.5. The molecule has 0 saturated heterocycles. The predicted octanol–water partition coefficient (Wildman–Crippen LogP) is 4.48. The first-order valence-corrected chi connectivity index (χ1v) is 12.3.